The molecule has 2 rings (SSSR count). The van der Waals surface area contributed by atoms with Crippen LogP contribution in [0.2, 0.25) is 0 Å². The lowest BCUT2D eigenvalue weighted by molar-refractivity contribution is -0.119. The summed E-state index contributed by atoms with van der Waals surface area (Å²) in [7, 11) is 0. The van der Waals surface area contributed by atoms with Crippen molar-refractivity contribution in [2.45, 2.75) is 6.10 Å². The second-order valence-corrected chi connectivity index (χ2v) is 3.11. The SMILES string of the molecule is O=C1C(c2ncccc2F)=CC=CC1O. The van der Waals surface area contributed by atoms with Crippen molar-refractivity contribution >= 4 is 11.4 Å². The molecule has 0 spiro atoms. The van der Waals surface area contributed by atoms with E-state index in [0.717, 1.165) is 0 Å². The molecule has 0 fully saturated rings. The van der Waals surface area contributed by atoms with Crippen LogP contribution in [0.1, 0.15) is 5.69 Å². The van der Waals surface area contributed by atoms with Crippen LogP contribution in [0.25, 0.3) is 5.57 Å². The van der Waals surface area contributed by atoms with Crippen LogP contribution in [0.3, 0.4) is 0 Å². The smallest absolute Gasteiger partial charge is 0.197 e. The molecule has 0 saturated carbocycles. The highest BCUT2D eigenvalue weighted by molar-refractivity contribution is 6.24. The zero-order chi connectivity index (χ0) is 10.8. The first-order chi connectivity index (χ1) is 7.20. The number of aliphatic hydroxyl groups is 1. The molecule has 1 aromatic heterocycles. The fraction of sp³-hybridized carbons (Fsp3) is 0.0909. The number of carbonyl (C=O) groups is 1. The maximum absolute atomic E-state index is 13.3. The van der Waals surface area contributed by atoms with Crippen LogP contribution >= 0.6 is 0 Å². The van der Waals surface area contributed by atoms with Gasteiger partial charge in [0.1, 0.15) is 17.6 Å². The van der Waals surface area contributed by atoms with E-state index in [1.165, 1.54) is 36.6 Å². The van der Waals surface area contributed by atoms with E-state index in [0.29, 0.717) is 0 Å². The quantitative estimate of drug-likeness (QED) is 0.747. The summed E-state index contributed by atoms with van der Waals surface area (Å²) in [5.41, 5.74) is 0.0778. The number of hydrogen-bond donors (Lipinski definition) is 1. The van der Waals surface area contributed by atoms with E-state index in [4.69, 9.17) is 0 Å². The Kier molecular flexibility index (Phi) is 2.43. The lowest BCUT2D eigenvalue weighted by Crippen LogP contribution is -2.22. The molecule has 76 valence electrons. The van der Waals surface area contributed by atoms with Crippen molar-refractivity contribution in [1.29, 1.82) is 0 Å². The molecule has 3 nitrogen and oxygen atoms in total. The first kappa shape index (κ1) is 9.73. The van der Waals surface area contributed by atoms with E-state index >= 15 is 0 Å². The van der Waals surface area contributed by atoms with Gasteiger partial charge in [0.15, 0.2) is 5.78 Å². The summed E-state index contributed by atoms with van der Waals surface area (Å²) in [6, 6.07) is 2.67. The third kappa shape index (κ3) is 1.71. The van der Waals surface area contributed by atoms with Gasteiger partial charge in [-0.05, 0) is 24.3 Å². The van der Waals surface area contributed by atoms with Crippen molar-refractivity contribution in [2.24, 2.45) is 0 Å². The number of pyridine rings is 1. The minimum atomic E-state index is -1.20. The largest absolute Gasteiger partial charge is 0.381 e. The van der Waals surface area contributed by atoms with Crippen LogP contribution in [-0.2, 0) is 4.79 Å². The van der Waals surface area contributed by atoms with Gasteiger partial charge in [0.05, 0.1) is 0 Å². The van der Waals surface area contributed by atoms with Crippen LogP contribution in [0, 0.1) is 5.82 Å². The van der Waals surface area contributed by atoms with Crippen LogP contribution in [0.4, 0.5) is 4.39 Å². The molecular weight excluding hydrogens is 197 g/mol. The second-order valence-electron chi connectivity index (χ2n) is 3.11. The van der Waals surface area contributed by atoms with Crippen LogP contribution in [0.15, 0.2) is 36.6 Å². The fourth-order valence-electron chi connectivity index (χ4n) is 1.37. The third-order valence-electron chi connectivity index (χ3n) is 2.10. The maximum atomic E-state index is 13.3. The summed E-state index contributed by atoms with van der Waals surface area (Å²) in [6.45, 7) is 0. The molecular formula is C11H8FNO2. The van der Waals surface area contributed by atoms with Gasteiger partial charge in [0, 0.05) is 11.8 Å². The molecule has 1 N–H and O–H groups in total. The Hall–Kier alpha value is -1.81. The van der Waals surface area contributed by atoms with Crippen molar-refractivity contribution in [3.8, 4) is 0 Å². The number of ketones is 1. The lowest BCUT2D eigenvalue weighted by Gasteiger charge is -2.12. The first-order valence-corrected chi connectivity index (χ1v) is 4.42. The van der Waals surface area contributed by atoms with Crippen LogP contribution in [-0.4, -0.2) is 22.0 Å². The van der Waals surface area contributed by atoms with Gasteiger partial charge < -0.3 is 5.11 Å². The van der Waals surface area contributed by atoms with Crippen molar-refractivity contribution < 1.29 is 14.3 Å². The van der Waals surface area contributed by atoms with Gasteiger partial charge in [-0.2, -0.15) is 0 Å². The summed E-state index contributed by atoms with van der Waals surface area (Å²) < 4.78 is 13.3. The molecule has 0 radical (unpaired) electrons. The monoisotopic (exact) mass is 205 g/mol. The molecule has 0 saturated heterocycles. The molecule has 1 aliphatic carbocycles. The number of halogens is 1. The van der Waals surface area contributed by atoms with Crippen LogP contribution < -0.4 is 0 Å². The van der Waals surface area contributed by atoms with E-state index in [-0.39, 0.29) is 11.3 Å². The van der Waals surface area contributed by atoms with Gasteiger partial charge in [0.25, 0.3) is 0 Å². The minimum absolute atomic E-state index is 0.0223. The summed E-state index contributed by atoms with van der Waals surface area (Å²) in [5, 5.41) is 9.27. The summed E-state index contributed by atoms with van der Waals surface area (Å²) in [4.78, 5) is 15.3. The Morgan fingerprint density at radius 2 is 2.27 bits per heavy atom. The summed E-state index contributed by atoms with van der Waals surface area (Å²) >= 11 is 0. The molecule has 1 heterocycles. The van der Waals surface area contributed by atoms with Gasteiger partial charge in [-0.3, -0.25) is 9.78 Å². The highest BCUT2D eigenvalue weighted by Crippen LogP contribution is 2.21. The van der Waals surface area contributed by atoms with E-state index in [2.05, 4.69) is 4.98 Å². The predicted molar refractivity (Wildman–Crippen MR) is 52.3 cm³/mol. The van der Waals surface area contributed by atoms with E-state index in [1.807, 2.05) is 0 Å². The van der Waals surface area contributed by atoms with Gasteiger partial charge in [-0.25, -0.2) is 4.39 Å². The van der Waals surface area contributed by atoms with Crippen molar-refractivity contribution in [2.75, 3.05) is 0 Å². The molecule has 0 aliphatic heterocycles. The molecule has 0 bridgehead atoms. The minimum Gasteiger partial charge on any atom is -0.381 e. The van der Waals surface area contributed by atoms with Gasteiger partial charge in [0.2, 0.25) is 0 Å². The van der Waals surface area contributed by atoms with Gasteiger partial charge in [-0.15, -0.1) is 0 Å². The molecule has 1 unspecified atom stereocenters. The highest BCUT2D eigenvalue weighted by atomic mass is 19.1. The Morgan fingerprint density at radius 1 is 1.47 bits per heavy atom. The average Bonchev–Trinajstić information content (AvgIpc) is 2.23. The van der Waals surface area contributed by atoms with Gasteiger partial charge >= 0.3 is 0 Å². The van der Waals surface area contributed by atoms with E-state index in [1.54, 1.807) is 0 Å². The number of allylic oxidation sites excluding steroid dienone is 2. The molecule has 4 heteroatoms. The molecule has 0 aromatic carbocycles. The number of aliphatic hydroxyl groups excluding tert-OH is 1. The van der Waals surface area contributed by atoms with E-state index in [9.17, 15) is 14.3 Å². The maximum Gasteiger partial charge on any atom is 0.197 e. The van der Waals surface area contributed by atoms with E-state index < -0.39 is 17.7 Å². The number of rotatable bonds is 1. The molecule has 1 aliphatic rings. The second kappa shape index (κ2) is 3.74. The number of carbonyl (C=O) groups excluding carboxylic acids is 1. The summed E-state index contributed by atoms with van der Waals surface area (Å²) in [6.07, 6.45) is 4.49. The molecule has 1 aromatic rings. The average molecular weight is 205 g/mol. The van der Waals surface area contributed by atoms with Crippen molar-refractivity contribution in [1.82, 2.24) is 4.98 Å². The Morgan fingerprint density at radius 3 is 3.00 bits per heavy atom. The number of Topliss-reactive ketones (excluding diaryl/α,β-unsaturated/α-hetero) is 1. The highest BCUT2D eigenvalue weighted by Gasteiger charge is 2.23. The molecule has 0 amide bonds. The Labute approximate surface area is 85.6 Å². The first-order valence-electron chi connectivity index (χ1n) is 4.42. The van der Waals surface area contributed by atoms with Crippen LogP contribution in [0.5, 0.6) is 0 Å². The van der Waals surface area contributed by atoms with Crippen molar-refractivity contribution in [3.05, 3.63) is 48.1 Å². The standard InChI is InChI=1S/C11H8FNO2/c12-8-4-2-6-13-10(8)7-3-1-5-9(14)11(7)15/h1-6,9,14H. The summed E-state index contributed by atoms with van der Waals surface area (Å²) in [5.74, 6) is -1.10. The zero-order valence-corrected chi connectivity index (χ0v) is 7.72. The number of aromatic nitrogens is 1. The Bertz CT molecular complexity index is 465. The molecule has 1 atom stereocenters. The number of hydrogen-bond acceptors (Lipinski definition) is 3. The topological polar surface area (TPSA) is 50.2 Å². The van der Waals surface area contributed by atoms with Gasteiger partial charge in [-0.1, -0.05) is 6.08 Å². The predicted octanol–water partition coefficient (Wildman–Crippen LogP) is 1.10. The Balaban J connectivity index is 2.48. The number of nitrogens with zero attached hydrogens (tertiary/aromatic N) is 1. The third-order valence-corrected chi connectivity index (χ3v) is 2.10. The molecule has 15 heavy (non-hydrogen) atoms. The fourth-order valence-corrected chi connectivity index (χ4v) is 1.37. The zero-order valence-electron chi connectivity index (χ0n) is 7.72. The normalized spacial score (nSPS) is 20.3. The van der Waals surface area contributed by atoms with Crippen molar-refractivity contribution in [3.63, 3.8) is 0 Å². The lowest BCUT2D eigenvalue weighted by atomic mass is 9.98.